The van der Waals surface area contributed by atoms with Crippen molar-refractivity contribution < 1.29 is 4.74 Å². The highest BCUT2D eigenvalue weighted by Crippen LogP contribution is 2.31. The minimum Gasteiger partial charge on any atom is -0.497 e. The maximum absolute atomic E-state index is 5.25. The predicted octanol–water partition coefficient (Wildman–Crippen LogP) is 4.46. The maximum atomic E-state index is 5.25. The van der Waals surface area contributed by atoms with Gasteiger partial charge < -0.3 is 10.1 Å². The predicted molar refractivity (Wildman–Crippen MR) is 99.4 cm³/mol. The number of aromatic nitrogens is 3. The second-order valence-corrected chi connectivity index (χ2v) is 5.82. The standard InChI is InChI=1S/C20H18N4O/c1-14-5-3-6-16(13-14)22-19-18(15-7-9-17(25-2)10-8-15)23-20-21-11-4-12-24(19)20/h3-13,22H,1-2H3. The van der Waals surface area contributed by atoms with Crippen molar-refractivity contribution >= 4 is 17.3 Å². The van der Waals surface area contributed by atoms with Gasteiger partial charge in [-0.2, -0.15) is 0 Å². The van der Waals surface area contributed by atoms with Gasteiger partial charge in [0.1, 0.15) is 17.3 Å². The van der Waals surface area contributed by atoms with Crippen LogP contribution in [0.3, 0.4) is 0 Å². The fourth-order valence-corrected chi connectivity index (χ4v) is 2.82. The third kappa shape index (κ3) is 2.92. The Hall–Kier alpha value is -3.34. The maximum Gasteiger partial charge on any atom is 0.235 e. The van der Waals surface area contributed by atoms with Crippen LogP contribution in [0.5, 0.6) is 5.75 Å². The van der Waals surface area contributed by atoms with Crippen molar-refractivity contribution in [1.82, 2.24) is 14.4 Å². The number of anilines is 2. The van der Waals surface area contributed by atoms with Crippen molar-refractivity contribution in [1.29, 1.82) is 0 Å². The van der Waals surface area contributed by atoms with Crippen molar-refractivity contribution in [2.75, 3.05) is 12.4 Å². The Morgan fingerprint density at radius 1 is 1.04 bits per heavy atom. The number of nitrogens with one attached hydrogen (secondary N) is 1. The van der Waals surface area contributed by atoms with E-state index in [0.717, 1.165) is 28.5 Å². The zero-order valence-corrected chi connectivity index (χ0v) is 14.1. The molecule has 0 saturated carbocycles. The van der Waals surface area contributed by atoms with Crippen LogP contribution >= 0.6 is 0 Å². The van der Waals surface area contributed by atoms with E-state index in [0.29, 0.717) is 5.78 Å². The molecule has 0 radical (unpaired) electrons. The Labute approximate surface area is 145 Å². The van der Waals surface area contributed by atoms with Gasteiger partial charge in [-0.05, 0) is 55.0 Å². The van der Waals surface area contributed by atoms with Gasteiger partial charge in [0.15, 0.2) is 0 Å². The van der Waals surface area contributed by atoms with Gasteiger partial charge in [-0.3, -0.25) is 4.40 Å². The highest BCUT2D eigenvalue weighted by molar-refractivity contribution is 5.79. The molecule has 0 fully saturated rings. The molecular formula is C20H18N4O. The van der Waals surface area contributed by atoms with E-state index in [-0.39, 0.29) is 0 Å². The summed E-state index contributed by atoms with van der Waals surface area (Å²) >= 11 is 0. The SMILES string of the molecule is COc1ccc(-c2nc3ncccn3c2Nc2cccc(C)c2)cc1. The number of imidazole rings is 1. The summed E-state index contributed by atoms with van der Waals surface area (Å²) in [4.78, 5) is 9.07. The highest BCUT2D eigenvalue weighted by atomic mass is 16.5. The van der Waals surface area contributed by atoms with Crippen LogP contribution in [0.4, 0.5) is 11.5 Å². The Balaban J connectivity index is 1.85. The van der Waals surface area contributed by atoms with Crippen LogP contribution in [-0.4, -0.2) is 21.5 Å². The summed E-state index contributed by atoms with van der Waals surface area (Å²) in [5.74, 6) is 2.36. The topological polar surface area (TPSA) is 51.5 Å². The zero-order chi connectivity index (χ0) is 17.2. The average molecular weight is 330 g/mol. The molecular weight excluding hydrogens is 312 g/mol. The molecule has 5 nitrogen and oxygen atoms in total. The monoisotopic (exact) mass is 330 g/mol. The lowest BCUT2D eigenvalue weighted by Gasteiger charge is -2.09. The molecule has 0 atom stereocenters. The van der Waals surface area contributed by atoms with Gasteiger partial charge in [-0.1, -0.05) is 12.1 Å². The molecule has 0 spiro atoms. The summed E-state index contributed by atoms with van der Waals surface area (Å²) < 4.78 is 7.21. The molecule has 5 heteroatoms. The zero-order valence-electron chi connectivity index (χ0n) is 14.1. The molecule has 0 aliphatic rings. The fraction of sp³-hybridized carbons (Fsp3) is 0.100. The second kappa shape index (κ2) is 6.28. The number of hydrogen-bond acceptors (Lipinski definition) is 4. The summed E-state index contributed by atoms with van der Waals surface area (Å²) in [6.07, 6.45) is 3.71. The van der Waals surface area contributed by atoms with E-state index in [1.165, 1.54) is 5.56 Å². The molecule has 0 amide bonds. The molecule has 0 saturated heterocycles. The van der Waals surface area contributed by atoms with Crippen molar-refractivity contribution in [2.24, 2.45) is 0 Å². The lowest BCUT2D eigenvalue weighted by atomic mass is 10.1. The minimum atomic E-state index is 0.656. The van der Waals surface area contributed by atoms with Gasteiger partial charge in [0.25, 0.3) is 0 Å². The fourth-order valence-electron chi connectivity index (χ4n) is 2.82. The molecule has 0 aliphatic carbocycles. The van der Waals surface area contributed by atoms with Gasteiger partial charge in [0.2, 0.25) is 5.78 Å². The number of ether oxygens (including phenoxy) is 1. The van der Waals surface area contributed by atoms with E-state index in [1.54, 1.807) is 13.3 Å². The van der Waals surface area contributed by atoms with Gasteiger partial charge in [-0.25, -0.2) is 9.97 Å². The number of benzene rings is 2. The minimum absolute atomic E-state index is 0.656. The summed E-state index contributed by atoms with van der Waals surface area (Å²) in [5, 5.41) is 3.49. The van der Waals surface area contributed by atoms with Crippen LogP contribution in [0, 0.1) is 6.92 Å². The number of nitrogens with zero attached hydrogens (tertiary/aromatic N) is 3. The van der Waals surface area contributed by atoms with E-state index in [2.05, 4.69) is 29.4 Å². The number of fused-ring (bicyclic) bond motifs is 1. The van der Waals surface area contributed by atoms with E-state index < -0.39 is 0 Å². The molecule has 124 valence electrons. The van der Waals surface area contributed by atoms with Crippen LogP contribution in [0.15, 0.2) is 67.0 Å². The largest absolute Gasteiger partial charge is 0.497 e. The Morgan fingerprint density at radius 2 is 1.88 bits per heavy atom. The molecule has 4 aromatic rings. The lowest BCUT2D eigenvalue weighted by molar-refractivity contribution is 0.415. The quantitative estimate of drug-likeness (QED) is 0.600. The van der Waals surface area contributed by atoms with Crippen molar-refractivity contribution in [3.8, 4) is 17.0 Å². The molecule has 4 rings (SSSR count). The van der Waals surface area contributed by atoms with Crippen molar-refractivity contribution in [3.63, 3.8) is 0 Å². The first-order valence-corrected chi connectivity index (χ1v) is 8.06. The van der Waals surface area contributed by atoms with Crippen LogP contribution in [0.1, 0.15) is 5.56 Å². The normalized spacial score (nSPS) is 10.8. The van der Waals surface area contributed by atoms with E-state index in [1.807, 2.05) is 53.1 Å². The summed E-state index contributed by atoms with van der Waals surface area (Å²) in [6, 6.07) is 18.0. The first-order chi connectivity index (χ1) is 12.2. The van der Waals surface area contributed by atoms with Gasteiger partial charge >= 0.3 is 0 Å². The van der Waals surface area contributed by atoms with Crippen molar-refractivity contribution in [3.05, 3.63) is 72.6 Å². The third-order valence-electron chi connectivity index (χ3n) is 4.05. The first kappa shape index (κ1) is 15.2. The molecule has 2 aromatic carbocycles. The first-order valence-electron chi connectivity index (χ1n) is 8.06. The van der Waals surface area contributed by atoms with Gasteiger partial charge in [0, 0.05) is 23.6 Å². The molecule has 25 heavy (non-hydrogen) atoms. The number of methoxy groups -OCH3 is 1. The van der Waals surface area contributed by atoms with Gasteiger partial charge in [-0.15, -0.1) is 0 Å². The highest BCUT2D eigenvalue weighted by Gasteiger charge is 2.15. The molecule has 2 aromatic heterocycles. The van der Waals surface area contributed by atoms with Crippen LogP contribution in [0.25, 0.3) is 17.0 Å². The summed E-state index contributed by atoms with van der Waals surface area (Å²) in [6.45, 7) is 2.08. The van der Waals surface area contributed by atoms with Gasteiger partial charge in [0.05, 0.1) is 7.11 Å². The Bertz CT molecular complexity index is 1020. The second-order valence-electron chi connectivity index (χ2n) is 5.82. The van der Waals surface area contributed by atoms with Crippen LogP contribution in [0.2, 0.25) is 0 Å². The van der Waals surface area contributed by atoms with Crippen LogP contribution < -0.4 is 10.1 Å². The Kier molecular flexibility index (Phi) is 3.82. The molecule has 1 N–H and O–H groups in total. The molecule has 2 heterocycles. The van der Waals surface area contributed by atoms with Crippen LogP contribution in [-0.2, 0) is 0 Å². The smallest absolute Gasteiger partial charge is 0.235 e. The number of rotatable bonds is 4. The van der Waals surface area contributed by atoms with E-state index >= 15 is 0 Å². The average Bonchev–Trinajstić information content (AvgIpc) is 3.00. The molecule has 0 unspecified atom stereocenters. The lowest BCUT2D eigenvalue weighted by Crippen LogP contribution is -1.97. The Morgan fingerprint density at radius 3 is 2.64 bits per heavy atom. The number of aryl methyl sites for hydroxylation is 1. The summed E-state index contributed by atoms with van der Waals surface area (Å²) in [7, 11) is 1.66. The third-order valence-corrected chi connectivity index (χ3v) is 4.05. The molecule has 0 aliphatic heterocycles. The molecule has 0 bridgehead atoms. The summed E-state index contributed by atoms with van der Waals surface area (Å²) in [5.41, 5.74) is 4.06. The van der Waals surface area contributed by atoms with E-state index in [4.69, 9.17) is 9.72 Å². The van der Waals surface area contributed by atoms with E-state index in [9.17, 15) is 0 Å². The van der Waals surface area contributed by atoms with Crippen molar-refractivity contribution in [2.45, 2.75) is 6.92 Å². The number of hydrogen-bond donors (Lipinski definition) is 1.